The molecule has 3 aromatic carbocycles. The van der Waals surface area contributed by atoms with Crippen molar-refractivity contribution >= 4 is 64.8 Å². The van der Waals surface area contributed by atoms with Crippen LogP contribution in [-0.2, 0) is 48.4 Å². The van der Waals surface area contributed by atoms with Crippen LogP contribution in [0, 0.1) is 32.6 Å². The summed E-state index contributed by atoms with van der Waals surface area (Å²) in [5.74, 6) is 0.492. The predicted octanol–water partition coefficient (Wildman–Crippen LogP) is 13.3. The van der Waals surface area contributed by atoms with Gasteiger partial charge < -0.3 is 58.8 Å². The molecule has 4 atom stereocenters. The summed E-state index contributed by atoms with van der Waals surface area (Å²) in [7, 11) is 5.47. The van der Waals surface area contributed by atoms with Gasteiger partial charge in [-0.25, -0.2) is 14.4 Å². The Bertz CT molecular complexity index is 3420. The predicted molar refractivity (Wildman–Crippen MR) is 363 cm³/mol. The number of phenols is 1. The molecule has 5 aliphatic rings. The molecular formula is C71H93LiN6O14S3. The van der Waals surface area contributed by atoms with Gasteiger partial charge in [0, 0.05) is 56.0 Å². The number of phenolic OH excluding ortho intramolecular Hbond substituents is 1. The molecule has 5 saturated carbocycles. The Labute approximate surface area is 583 Å². The molecule has 11 rings (SSSR count). The quantitative estimate of drug-likeness (QED) is 0.0434. The third kappa shape index (κ3) is 20.9. The minimum atomic E-state index is -0.734. The second-order valence-electron chi connectivity index (χ2n) is 25.7. The Morgan fingerprint density at radius 1 is 0.484 bits per heavy atom. The number of benzene rings is 3. The van der Waals surface area contributed by atoms with E-state index in [4.69, 9.17) is 28.4 Å². The van der Waals surface area contributed by atoms with Crippen LogP contribution in [0.5, 0.6) is 17.2 Å². The summed E-state index contributed by atoms with van der Waals surface area (Å²) in [6, 6.07) is 23.6. The number of hydrogen-bond donors (Lipinski definition) is 2. The number of nitrogens with zero attached hydrogens (tertiary/aromatic N) is 6. The summed E-state index contributed by atoms with van der Waals surface area (Å²) in [4.78, 5) is 69.2. The standard InChI is InChI=1S/C28H38N2O5S.C25H32N2O5S.C18H22N2O3S.Li.H2O/c1-18(2)34-27(31)21-8-7-11-24(16-21)35-23-14-12-20(13-15-23)26-25(19(3)29-36-26)17-33-28(32)30(4)22-9-5-6-10-22;1-16-22(15-31-25(30)27(2)19-7-3-4-8-19)23(33-26-16)17-10-12-20(13-11-17)32-21-9-5-6-18(14-21)24(28)29;1-12-16(11-23-18(22)20(2)14-5-3-4-6-14)17(24-19-12)13-7-9-15(21)10-8-13;;/h12-15,18,21-22,24H,5-11,16-17H2,1-4H3;10-13,18-19,21H,3-9,14-15H2,1-2H3,(H,28,29);7-10,14,21H,3-6,11H2,1-2H3;;1H2/q;;;+1;/p-1/t21-,24-;18-,21-;;;/m00.../s1. The molecule has 0 unspecified atom stereocenters. The molecule has 24 heteroatoms. The second-order valence-corrected chi connectivity index (χ2v) is 28.0. The molecule has 0 aliphatic heterocycles. The fraction of sp³-hybridized carbons (Fsp3) is 0.549. The van der Waals surface area contributed by atoms with Crippen LogP contribution in [0.25, 0.3) is 31.3 Å². The monoisotopic (exact) mass is 1360 g/mol. The first-order valence-electron chi connectivity index (χ1n) is 33.1. The van der Waals surface area contributed by atoms with Gasteiger partial charge in [0.15, 0.2) is 0 Å². The molecule has 0 bridgehead atoms. The molecule has 3 heterocycles. The number of rotatable bonds is 19. The molecule has 5 fully saturated rings. The number of amides is 3. The molecule has 0 spiro atoms. The molecule has 0 saturated heterocycles. The van der Waals surface area contributed by atoms with E-state index in [1.54, 1.807) is 26.8 Å². The maximum Gasteiger partial charge on any atom is 1.00 e. The Hall–Kier alpha value is -6.74. The number of ether oxygens (including phenoxy) is 6. The largest absolute Gasteiger partial charge is 1.00 e. The van der Waals surface area contributed by atoms with Gasteiger partial charge in [-0.05, 0) is 249 Å². The summed E-state index contributed by atoms with van der Waals surface area (Å²) >= 11 is 4.20. The van der Waals surface area contributed by atoms with E-state index in [1.165, 1.54) is 73.1 Å². The number of carboxylic acids is 1. The molecule has 3 N–H and O–H groups in total. The average molecular weight is 1360 g/mol. The maximum absolute atomic E-state index is 12.6. The van der Waals surface area contributed by atoms with E-state index in [1.807, 2.05) is 116 Å². The van der Waals surface area contributed by atoms with Gasteiger partial charge in [0.05, 0.1) is 61.9 Å². The van der Waals surface area contributed by atoms with E-state index >= 15 is 0 Å². The van der Waals surface area contributed by atoms with E-state index in [2.05, 4.69) is 13.1 Å². The first-order chi connectivity index (χ1) is 44.8. The first-order valence-corrected chi connectivity index (χ1v) is 35.4. The molecule has 510 valence electrons. The van der Waals surface area contributed by atoms with E-state index < -0.39 is 5.97 Å². The van der Waals surface area contributed by atoms with Gasteiger partial charge in [-0.1, -0.05) is 38.5 Å². The molecular weight excluding hydrogens is 1260 g/mol. The fourth-order valence-corrected chi connectivity index (χ4v) is 15.7. The molecule has 3 amide bonds. The van der Waals surface area contributed by atoms with Crippen LogP contribution in [-0.4, -0.2) is 131 Å². The Morgan fingerprint density at radius 3 is 1.13 bits per heavy atom. The van der Waals surface area contributed by atoms with Gasteiger partial charge in [-0.15, -0.1) is 0 Å². The Kier molecular flexibility index (Phi) is 29.1. The van der Waals surface area contributed by atoms with Gasteiger partial charge in [0.2, 0.25) is 0 Å². The number of carbonyl (C=O) groups excluding carboxylic acids is 4. The minimum Gasteiger partial charge on any atom is -0.870 e. The number of carbonyl (C=O) groups is 5. The summed E-state index contributed by atoms with van der Waals surface area (Å²) in [6.45, 7) is 10.2. The zero-order chi connectivity index (χ0) is 66.1. The van der Waals surface area contributed by atoms with E-state index in [9.17, 15) is 34.2 Å². The molecule has 20 nitrogen and oxygen atoms in total. The smallest absolute Gasteiger partial charge is 0.870 e. The van der Waals surface area contributed by atoms with Crippen LogP contribution in [0.15, 0.2) is 72.8 Å². The van der Waals surface area contributed by atoms with Crippen molar-refractivity contribution in [2.24, 2.45) is 11.8 Å². The topological polar surface area (TPSA) is 260 Å². The summed E-state index contributed by atoms with van der Waals surface area (Å²) < 4.78 is 47.9. The molecule has 3 aromatic heterocycles. The van der Waals surface area contributed by atoms with Gasteiger partial charge in [0.1, 0.15) is 37.1 Å². The van der Waals surface area contributed by atoms with Crippen LogP contribution >= 0.6 is 34.6 Å². The van der Waals surface area contributed by atoms with Crippen molar-refractivity contribution in [3.8, 4) is 48.6 Å². The van der Waals surface area contributed by atoms with Crippen LogP contribution in [0.2, 0.25) is 0 Å². The number of aromatic hydroxyl groups is 1. The summed E-state index contributed by atoms with van der Waals surface area (Å²) in [5.41, 5.74) is 8.41. The number of esters is 1. The summed E-state index contributed by atoms with van der Waals surface area (Å²) in [6.07, 6.45) is 18.8. The second kappa shape index (κ2) is 36.6. The van der Waals surface area contributed by atoms with Crippen LogP contribution in [0.4, 0.5) is 14.4 Å². The van der Waals surface area contributed by atoms with Gasteiger partial charge in [-0.2, -0.15) is 13.1 Å². The Balaban J connectivity index is 0.000000203. The number of carboxylic acid groups (broad SMARTS) is 1. The van der Waals surface area contributed by atoms with Crippen molar-refractivity contribution in [1.29, 1.82) is 0 Å². The third-order valence-corrected chi connectivity index (χ3v) is 21.8. The minimum absolute atomic E-state index is 0. The normalized spacial score (nSPS) is 18.7. The maximum atomic E-state index is 12.6. The number of hydrogen-bond acceptors (Lipinski definition) is 19. The van der Waals surface area contributed by atoms with Gasteiger partial charge in [-0.3, -0.25) is 9.59 Å². The number of aromatic nitrogens is 3. The van der Waals surface area contributed by atoms with Crippen LogP contribution in [0.3, 0.4) is 0 Å². The van der Waals surface area contributed by atoms with E-state index in [0.717, 1.165) is 154 Å². The fourth-order valence-electron chi connectivity index (χ4n) is 13.0. The zero-order valence-corrected chi connectivity index (χ0v) is 59.0. The third-order valence-electron chi connectivity index (χ3n) is 18.7. The van der Waals surface area contributed by atoms with Crippen molar-refractivity contribution in [1.82, 2.24) is 27.8 Å². The van der Waals surface area contributed by atoms with Crippen molar-refractivity contribution in [3.63, 3.8) is 0 Å². The van der Waals surface area contributed by atoms with Crippen molar-refractivity contribution < 1.29 is 86.9 Å². The SMILES string of the molecule is Cc1nsc(-c2ccc(O)cc2)c1COC(=O)N(C)C1CCCC1.Cc1nsc(-c2ccc(O[C@H]3CCC[C@H](C(=O)O)C3)cc2)c1COC(=O)N(C)C1CCCC1.Cc1nsc(-c2ccc(O[C@H]3CCC[C@H](C(=O)OC(C)C)C3)cc2)c1COC(=O)N(C)C1CCCC1.[Li+].[OH-]. The molecule has 95 heavy (non-hydrogen) atoms. The summed E-state index contributed by atoms with van der Waals surface area (Å²) in [5, 5.41) is 18.7. The average Bonchev–Trinajstić information content (AvgIpc) is 1.78. The van der Waals surface area contributed by atoms with Crippen LogP contribution in [0.1, 0.15) is 176 Å². The number of aliphatic carboxylic acids is 1. The molecule has 0 radical (unpaired) electrons. The van der Waals surface area contributed by atoms with Crippen molar-refractivity contribution in [2.45, 2.75) is 219 Å². The zero-order valence-electron chi connectivity index (χ0n) is 56.6. The van der Waals surface area contributed by atoms with Crippen molar-refractivity contribution in [3.05, 3.63) is 107 Å². The molecule has 6 aromatic rings. The molecule has 5 aliphatic carbocycles. The van der Waals surface area contributed by atoms with Gasteiger partial charge >= 0.3 is 49.1 Å². The van der Waals surface area contributed by atoms with E-state index in [0.29, 0.717) is 18.9 Å². The van der Waals surface area contributed by atoms with E-state index in [-0.39, 0.29) is 116 Å². The Morgan fingerprint density at radius 2 is 0.800 bits per heavy atom. The van der Waals surface area contributed by atoms with Gasteiger partial charge in [0.25, 0.3) is 0 Å². The first kappa shape index (κ1) is 75.6. The van der Waals surface area contributed by atoms with Crippen molar-refractivity contribution in [2.75, 3.05) is 21.1 Å². The number of aryl methyl sites for hydroxylation is 3. The van der Waals surface area contributed by atoms with Crippen LogP contribution < -0.4 is 28.3 Å².